The lowest BCUT2D eigenvalue weighted by atomic mass is 9.98. The summed E-state index contributed by atoms with van der Waals surface area (Å²) < 4.78 is 5.36. The van der Waals surface area contributed by atoms with Crippen molar-refractivity contribution in [2.45, 2.75) is 38.5 Å². The van der Waals surface area contributed by atoms with Gasteiger partial charge in [-0.05, 0) is 38.6 Å². The first-order chi connectivity index (χ1) is 8.25. The lowest BCUT2D eigenvalue weighted by Gasteiger charge is -2.27. The molecule has 0 amide bonds. The zero-order chi connectivity index (χ0) is 12.1. The SMILES string of the molecule is CN(CC(=O)C1CCCC1)CC1CCOCC1. The highest BCUT2D eigenvalue weighted by atomic mass is 16.5. The van der Waals surface area contributed by atoms with Gasteiger partial charge in [0.05, 0.1) is 6.54 Å². The van der Waals surface area contributed by atoms with Crippen LogP contribution in [0.1, 0.15) is 38.5 Å². The van der Waals surface area contributed by atoms with Crippen LogP contribution in [-0.2, 0) is 9.53 Å². The Morgan fingerprint density at radius 2 is 1.82 bits per heavy atom. The fraction of sp³-hybridized carbons (Fsp3) is 0.929. The molecule has 0 unspecified atom stereocenters. The van der Waals surface area contributed by atoms with Crippen molar-refractivity contribution in [2.75, 3.05) is 33.4 Å². The normalized spacial score (nSPS) is 23.4. The summed E-state index contributed by atoms with van der Waals surface area (Å²) in [6.07, 6.45) is 7.07. The molecule has 0 aromatic heterocycles. The summed E-state index contributed by atoms with van der Waals surface area (Å²) in [5, 5.41) is 0. The van der Waals surface area contributed by atoms with Crippen molar-refractivity contribution in [3.63, 3.8) is 0 Å². The van der Waals surface area contributed by atoms with E-state index in [4.69, 9.17) is 4.74 Å². The Morgan fingerprint density at radius 3 is 2.47 bits per heavy atom. The first-order valence-corrected chi connectivity index (χ1v) is 7.04. The average molecular weight is 239 g/mol. The molecule has 3 heteroatoms. The van der Waals surface area contributed by atoms with E-state index in [1.165, 1.54) is 12.8 Å². The molecule has 3 nitrogen and oxygen atoms in total. The molecule has 1 saturated carbocycles. The molecule has 0 N–H and O–H groups in total. The van der Waals surface area contributed by atoms with E-state index in [1.807, 2.05) is 0 Å². The van der Waals surface area contributed by atoms with Crippen LogP contribution in [0.4, 0.5) is 0 Å². The molecular formula is C14H25NO2. The summed E-state index contributed by atoms with van der Waals surface area (Å²) in [6, 6.07) is 0. The summed E-state index contributed by atoms with van der Waals surface area (Å²) in [4.78, 5) is 14.2. The molecular weight excluding hydrogens is 214 g/mol. The zero-order valence-corrected chi connectivity index (χ0v) is 11.0. The van der Waals surface area contributed by atoms with Gasteiger partial charge in [0.15, 0.2) is 0 Å². The molecule has 0 radical (unpaired) electrons. The summed E-state index contributed by atoms with van der Waals surface area (Å²) in [6.45, 7) is 3.51. The van der Waals surface area contributed by atoms with Crippen molar-refractivity contribution in [1.29, 1.82) is 0 Å². The van der Waals surface area contributed by atoms with Gasteiger partial charge in [-0.1, -0.05) is 12.8 Å². The van der Waals surface area contributed by atoms with Crippen molar-refractivity contribution in [2.24, 2.45) is 11.8 Å². The van der Waals surface area contributed by atoms with Gasteiger partial charge in [0.1, 0.15) is 5.78 Å². The lowest BCUT2D eigenvalue weighted by Crippen LogP contribution is -2.35. The third-order valence-electron chi connectivity index (χ3n) is 4.15. The maximum Gasteiger partial charge on any atom is 0.149 e. The van der Waals surface area contributed by atoms with Crippen LogP contribution in [0.3, 0.4) is 0 Å². The van der Waals surface area contributed by atoms with Crippen molar-refractivity contribution >= 4 is 5.78 Å². The van der Waals surface area contributed by atoms with Gasteiger partial charge in [0.25, 0.3) is 0 Å². The Labute approximate surface area is 105 Å². The van der Waals surface area contributed by atoms with Crippen LogP contribution in [0.5, 0.6) is 0 Å². The first-order valence-electron chi connectivity index (χ1n) is 7.04. The molecule has 0 aromatic carbocycles. The highest BCUT2D eigenvalue weighted by Gasteiger charge is 2.24. The van der Waals surface area contributed by atoms with Crippen LogP contribution >= 0.6 is 0 Å². The van der Waals surface area contributed by atoms with Gasteiger partial charge in [-0.15, -0.1) is 0 Å². The third-order valence-corrected chi connectivity index (χ3v) is 4.15. The summed E-state index contributed by atoms with van der Waals surface area (Å²) in [5.74, 6) is 1.56. The predicted molar refractivity (Wildman–Crippen MR) is 68.0 cm³/mol. The maximum atomic E-state index is 12.0. The van der Waals surface area contributed by atoms with Crippen molar-refractivity contribution in [3.05, 3.63) is 0 Å². The second-order valence-corrected chi connectivity index (χ2v) is 5.70. The molecule has 0 aromatic rings. The fourth-order valence-electron chi connectivity index (χ4n) is 3.08. The van der Waals surface area contributed by atoms with Gasteiger partial charge in [-0.3, -0.25) is 9.69 Å². The summed E-state index contributed by atoms with van der Waals surface area (Å²) in [5.41, 5.74) is 0. The Balaban J connectivity index is 1.68. The van der Waals surface area contributed by atoms with E-state index in [9.17, 15) is 4.79 Å². The second-order valence-electron chi connectivity index (χ2n) is 5.70. The number of carbonyl (C=O) groups is 1. The minimum Gasteiger partial charge on any atom is -0.381 e. The highest BCUT2D eigenvalue weighted by molar-refractivity contribution is 5.83. The number of ketones is 1. The molecule has 0 bridgehead atoms. The lowest BCUT2D eigenvalue weighted by molar-refractivity contribution is -0.123. The van der Waals surface area contributed by atoms with E-state index in [2.05, 4.69) is 11.9 Å². The third kappa shape index (κ3) is 4.07. The molecule has 0 atom stereocenters. The summed E-state index contributed by atoms with van der Waals surface area (Å²) >= 11 is 0. The van der Waals surface area contributed by atoms with Gasteiger partial charge in [-0.25, -0.2) is 0 Å². The standard InChI is InChI=1S/C14H25NO2/c1-15(10-12-6-8-17-9-7-12)11-14(16)13-4-2-3-5-13/h12-13H,2-11H2,1H3. The Morgan fingerprint density at radius 1 is 1.18 bits per heavy atom. The van der Waals surface area contributed by atoms with Crippen molar-refractivity contribution in [1.82, 2.24) is 4.90 Å². The number of Topliss-reactive ketones (excluding diaryl/α,β-unsaturated/α-hetero) is 1. The van der Waals surface area contributed by atoms with Gasteiger partial charge < -0.3 is 4.74 Å². The van der Waals surface area contributed by atoms with Gasteiger partial charge in [0.2, 0.25) is 0 Å². The first kappa shape index (κ1) is 13.0. The second kappa shape index (κ2) is 6.50. The molecule has 2 fully saturated rings. The van der Waals surface area contributed by atoms with Crippen LogP contribution in [0.15, 0.2) is 0 Å². The number of nitrogens with zero attached hydrogens (tertiary/aromatic N) is 1. The van der Waals surface area contributed by atoms with E-state index in [0.29, 0.717) is 18.2 Å². The monoisotopic (exact) mass is 239 g/mol. The van der Waals surface area contributed by atoms with Crippen LogP contribution in [0.25, 0.3) is 0 Å². The molecule has 17 heavy (non-hydrogen) atoms. The van der Waals surface area contributed by atoms with E-state index in [-0.39, 0.29) is 0 Å². The number of carbonyl (C=O) groups excluding carboxylic acids is 1. The largest absolute Gasteiger partial charge is 0.381 e. The molecule has 1 aliphatic heterocycles. The Hall–Kier alpha value is -0.410. The Bertz CT molecular complexity index is 243. The predicted octanol–water partition coefficient (Wildman–Crippen LogP) is 2.10. The smallest absolute Gasteiger partial charge is 0.149 e. The molecule has 1 aliphatic carbocycles. The minimum atomic E-state index is 0.368. The minimum absolute atomic E-state index is 0.368. The van der Waals surface area contributed by atoms with Crippen LogP contribution in [0.2, 0.25) is 0 Å². The van der Waals surface area contributed by atoms with E-state index in [1.54, 1.807) is 0 Å². The van der Waals surface area contributed by atoms with E-state index in [0.717, 1.165) is 51.4 Å². The number of likely N-dealkylation sites (N-methyl/N-ethyl adjacent to an activating group) is 1. The van der Waals surface area contributed by atoms with Gasteiger partial charge >= 0.3 is 0 Å². The van der Waals surface area contributed by atoms with Crippen molar-refractivity contribution in [3.8, 4) is 0 Å². The number of ether oxygens (including phenoxy) is 1. The quantitative estimate of drug-likeness (QED) is 0.736. The topological polar surface area (TPSA) is 29.5 Å². The summed E-state index contributed by atoms with van der Waals surface area (Å²) in [7, 11) is 2.09. The van der Waals surface area contributed by atoms with Crippen LogP contribution < -0.4 is 0 Å². The molecule has 98 valence electrons. The Kier molecular flexibility index (Phi) is 4.99. The average Bonchev–Trinajstić information content (AvgIpc) is 2.83. The van der Waals surface area contributed by atoms with Crippen LogP contribution in [0, 0.1) is 11.8 Å². The van der Waals surface area contributed by atoms with E-state index >= 15 is 0 Å². The molecule has 2 aliphatic rings. The van der Waals surface area contributed by atoms with Crippen LogP contribution in [-0.4, -0.2) is 44.0 Å². The molecule has 2 rings (SSSR count). The van der Waals surface area contributed by atoms with Gasteiger partial charge in [-0.2, -0.15) is 0 Å². The highest BCUT2D eigenvalue weighted by Crippen LogP contribution is 2.25. The van der Waals surface area contributed by atoms with E-state index < -0.39 is 0 Å². The molecule has 0 spiro atoms. The zero-order valence-electron chi connectivity index (χ0n) is 11.0. The van der Waals surface area contributed by atoms with Gasteiger partial charge in [0, 0.05) is 25.7 Å². The number of hydrogen-bond acceptors (Lipinski definition) is 3. The maximum absolute atomic E-state index is 12.0. The fourth-order valence-corrected chi connectivity index (χ4v) is 3.08. The number of rotatable bonds is 5. The number of hydrogen-bond donors (Lipinski definition) is 0. The molecule has 1 heterocycles. The van der Waals surface area contributed by atoms with Crippen molar-refractivity contribution < 1.29 is 9.53 Å². The molecule has 1 saturated heterocycles.